The molecule has 2 heterocycles. The molecule has 0 bridgehead atoms. The first-order chi connectivity index (χ1) is 10.9. The highest BCUT2D eigenvalue weighted by Gasteiger charge is 2.35. The second kappa shape index (κ2) is 5.92. The van der Waals surface area contributed by atoms with E-state index in [4.69, 9.17) is 0 Å². The monoisotopic (exact) mass is 311 g/mol. The van der Waals surface area contributed by atoms with Gasteiger partial charge in [-0.25, -0.2) is 0 Å². The number of benzene rings is 1. The molecule has 0 radical (unpaired) electrons. The number of rotatable bonds is 1. The number of nitrogens with one attached hydrogen (secondary N) is 1. The van der Waals surface area contributed by atoms with Crippen LogP contribution in [0.15, 0.2) is 30.6 Å². The number of likely N-dealkylation sites (N-methyl/N-ethyl adjacent to an activating group) is 2. The molecule has 2 aliphatic heterocycles. The average Bonchev–Trinajstić information content (AvgIpc) is 2.79. The zero-order valence-corrected chi connectivity index (χ0v) is 14.3. The van der Waals surface area contributed by atoms with Gasteiger partial charge in [0.1, 0.15) is 11.8 Å². The van der Waals surface area contributed by atoms with Crippen molar-refractivity contribution >= 4 is 5.69 Å². The molecule has 0 saturated carbocycles. The Balaban J connectivity index is 2.00. The Labute approximate surface area is 138 Å². The summed E-state index contributed by atoms with van der Waals surface area (Å²) < 4.78 is 0. The summed E-state index contributed by atoms with van der Waals surface area (Å²) in [6.07, 6.45) is 6.71. The summed E-state index contributed by atoms with van der Waals surface area (Å²) >= 11 is 0. The van der Waals surface area contributed by atoms with Gasteiger partial charge >= 0.3 is 0 Å². The predicted octanol–water partition coefficient (Wildman–Crippen LogP) is 1.89. The van der Waals surface area contributed by atoms with Crippen LogP contribution >= 0.6 is 0 Å². The molecule has 0 aliphatic carbocycles. The van der Waals surface area contributed by atoms with Crippen molar-refractivity contribution in [2.45, 2.75) is 44.5 Å². The van der Waals surface area contributed by atoms with E-state index < -0.39 is 5.60 Å². The smallest absolute Gasteiger partial charge is 0.121 e. The van der Waals surface area contributed by atoms with Crippen LogP contribution in [0.3, 0.4) is 0 Å². The first-order valence-electron chi connectivity index (χ1n) is 8.13. The lowest BCUT2D eigenvalue weighted by Gasteiger charge is -2.35. The highest BCUT2D eigenvalue weighted by Crippen LogP contribution is 2.34. The maximum Gasteiger partial charge on any atom is 0.121 e. The maximum atomic E-state index is 9.80. The summed E-state index contributed by atoms with van der Waals surface area (Å²) in [6.45, 7) is 3.41. The number of hydrogen-bond acceptors (Lipinski definition) is 4. The van der Waals surface area contributed by atoms with Crippen molar-refractivity contribution in [3.63, 3.8) is 0 Å². The number of aryl methyl sites for hydroxylation is 1. The summed E-state index contributed by atoms with van der Waals surface area (Å²) in [5.41, 5.74) is 2.54. The lowest BCUT2D eigenvalue weighted by molar-refractivity contribution is 0.143. The van der Waals surface area contributed by atoms with E-state index >= 15 is 0 Å². The molecule has 23 heavy (non-hydrogen) atoms. The Morgan fingerprint density at radius 1 is 1.30 bits per heavy atom. The molecular weight excluding hydrogens is 286 g/mol. The Bertz CT molecular complexity index is 678. The molecule has 4 heteroatoms. The molecule has 0 aromatic heterocycles. The average molecular weight is 311 g/mol. The minimum Gasteiger partial charge on any atom is -0.378 e. The van der Waals surface area contributed by atoms with E-state index in [2.05, 4.69) is 64.6 Å². The molecule has 2 atom stereocenters. The van der Waals surface area contributed by atoms with Crippen LogP contribution in [-0.2, 0) is 6.42 Å². The van der Waals surface area contributed by atoms with E-state index in [0.29, 0.717) is 12.2 Å². The highest BCUT2D eigenvalue weighted by atomic mass is 16.3. The molecule has 0 amide bonds. The van der Waals surface area contributed by atoms with Crippen molar-refractivity contribution in [2.24, 2.45) is 0 Å². The Hall–Kier alpha value is -1.96. The van der Waals surface area contributed by atoms with Gasteiger partial charge in [-0.3, -0.25) is 0 Å². The van der Waals surface area contributed by atoms with Gasteiger partial charge in [0, 0.05) is 36.7 Å². The van der Waals surface area contributed by atoms with Gasteiger partial charge < -0.3 is 20.2 Å². The number of aliphatic hydroxyl groups is 1. The standard InChI is InChI=1S/C19H25N3O/c1-19(2,23)10-9-14-5-6-15-7-8-16(20-3)18-21(4)11-12-22(18)17(15)13-14/h5-6,11-13,16,18,20,23H,7-8H2,1-4H3. The van der Waals surface area contributed by atoms with E-state index in [1.54, 1.807) is 13.8 Å². The molecular formula is C19H25N3O. The predicted molar refractivity (Wildman–Crippen MR) is 94.0 cm³/mol. The lowest BCUT2D eigenvalue weighted by atomic mass is 10.0. The van der Waals surface area contributed by atoms with Gasteiger partial charge in [-0.15, -0.1) is 0 Å². The van der Waals surface area contributed by atoms with E-state index in [0.717, 1.165) is 18.4 Å². The van der Waals surface area contributed by atoms with Crippen molar-refractivity contribution in [1.29, 1.82) is 0 Å². The largest absolute Gasteiger partial charge is 0.378 e. The van der Waals surface area contributed by atoms with Gasteiger partial charge in [0.25, 0.3) is 0 Å². The van der Waals surface area contributed by atoms with Gasteiger partial charge in [-0.2, -0.15) is 0 Å². The van der Waals surface area contributed by atoms with Crippen molar-refractivity contribution in [3.05, 3.63) is 41.7 Å². The van der Waals surface area contributed by atoms with Crippen molar-refractivity contribution in [1.82, 2.24) is 10.2 Å². The van der Waals surface area contributed by atoms with Crippen LogP contribution in [0, 0.1) is 11.8 Å². The molecule has 2 N–H and O–H groups in total. The van der Waals surface area contributed by atoms with Gasteiger partial charge in [0.15, 0.2) is 0 Å². The SMILES string of the molecule is CNC1CCc2ccc(C#CC(C)(C)O)cc2N2C=CN(C)C12. The van der Waals surface area contributed by atoms with Gasteiger partial charge in [0.2, 0.25) is 0 Å². The summed E-state index contributed by atoms with van der Waals surface area (Å²) in [6, 6.07) is 6.77. The Morgan fingerprint density at radius 2 is 2.09 bits per heavy atom. The fourth-order valence-electron chi connectivity index (χ4n) is 3.32. The normalized spacial score (nSPS) is 23.0. The minimum absolute atomic E-state index is 0.291. The van der Waals surface area contributed by atoms with Gasteiger partial charge in [-0.1, -0.05) is 17.9 Å². The van der Waals surface area contributed by atoms with Crippen LogP contribution in [-0.4, -0.2) is 41.9 Å². The molecule has 1 aromatic carbocycles. The molecule has 1 aromatic rings. The summed E-state index contributed by atoms with van der Waals surface area (Å²) in [4.78, 5) is 4.59. The second-order valence-corrected chi connectivity index (χ2v) is 6.87. The van der Waals surface area contributed by atoms with Crippen molar-refractivity contribution < 1.29 is 5.11 Å². The van der Waals surface area contributed by atoms with Crippen LogP contribution < -0.4 is 10.2 Å². The van der Waals surface area contributed by atoms with Crippen molar-refractivity contribution in [2.75, 3.05) is 19.0 Å². The lowest BCUT2D eigenvalue weighted by Crippen LogP contribution is -2.50. The number of hydrogen-bond donors (Lipinski definition) is 2. The van der Waals surface area contributed by atoms with Crippen LogP contribution in [0.4, 0.5) is 5.69 Å². The van der Waals surface area contributed by atoms with E-state index in [1.807, 2.05) is 7.05 Å². The fourth-order valence-corrected chi connectivity index (χ4v) is 3.32. The number of fused-ring (bicyclic) bond motifs is 3. The fraction of sp³-hybridized carbons (Fsp3) is 0.474. The molecule has 0 fully saturated rings. The summed E-state index contributed by atoms with van der Waals surface area (Å²) in [5, 5.41) is 13.3. The Morgan fingerprint density at radius 3 is 2.78 bits per heavy atom. The first-order valence-corrected chi connectivity index (χ1v) is 8.13. The number of nitrogens with zero attached hydrogens (tertiary/aromatic N) is 2. The van der Waals surface area contributed by atoms with Crippen LogP contribution in [0.2, 0.25) is 0 Å². The number of anilines is 1. The molecule has 0 spiro atoms. The summed E-state index contributed by atoms with van der Waals surface area (Å²) in [7, 11) is 4.15. The molecule has 4 nitrogen and oxygen atoms in total. The van der Waals surface area contributed by atoms with Crippen LogP contribution in [0.1, 0.15) is 31.4 Å². The van der Waals surface area contributed by atoms with E-state index in [-0.39, 0.29) is 0 Å². The molecule has 3 rings (SSSR count). The maximum absolute atomic E-state index is 9.80. The van der Waals surface area contributed by atoms with Gasteiger partial charge in [0.05, 0.1) is 0 Å². The Kier molecular flexibility index (Phi) is 4.09. The van der Waals surface area contributed by atoms with E-state index in [9.17, 15) is 5.11 Å². The molecule has 2 unspecified atom stereocenters. The van der Waals surface area contributed by atoms with Crippen molar-refractivity contribution in [3.8, 4) is 11.8 Å². The van der Waals surface area contributed by atoms with E-state index in [1.165, 1.54) is 11.3 Å². The highest BCUT2D eigenvalue weighted by molar-refractivity contribution is 5.62. The third-order valence-corrected chi connectivity index (χ3v) is 4.50. The molecule has 122 valence electrons. The third-order valence-electron chi connectivity index (χ3n) is 4.50. The third kappa shape index (κ3) is 3.21. The molecule has 2 aliphatic rings. The quantitative estimate of drug-likeness (QED) is 0.777. The van der Waals surface area contributed by atoms with Crippen LogP contribution in [0.25, 0.3) is 0 Å². The topological polar surface area (TPSA) is 38.7 Å². The first kappa shape index (κ1) is 15.9. The minimum atomic E-state index is -0.972. The van der Waals surface area contributed by atoms with Crippen LogP contribution in [0.5, 0.6) is 0 Å². The zero-order valence-electron chi connectivity index (χ0n) is 14.3. The zero-order chi connectivity index (χ0) is 16.6. The second-order valence-electron chi connectivity index (χ2n) is 6.87. The molecule has 0 saturated heterocycles. The summed E-state index contributed by atoms with van der Waals surface area (Å²) in [5.74, 6) is 5.99. The van der Waals surface area contributed by atoms with Gasteiger partial charge in [-0.05, 0) is 51.4 Å².